The highest BCUT2D eigenvalue weighted by atomic mass is 35.5. The highest BCUT2D eigenvalue weighted by Crippen LogP contribution is 2.19. The van der Waals surface area contributed by atoms with Gasteiger partial charge in [-0.05, 0) is 35.9 Å². The first kappa shape index (κ1) is 11.9. The summed E-state index contributed by atoms with van der Waals surface area (Å²) < 4.78 is 1.69. The maximum absolute atomic E-state index is 12.1. The van der Waals surface area contributed by atoms with Gasteiger partial charge in [0.1, 0.15) is 5.69 Å². The molecule has 0 fully saturated rings. The molecule has 2 heterocycles. The van der Waals surface area contributed by atoms with E-state index in [1.165, 1.54) is 0 Å². The normalized spacial score (nSPS) is 10.8. The quantitative estimate of drug-likeness (QED) is 0.688. The van der Waals surface area contributed by atoms with Crippen molar-refractivity contribution >= 4 is 28.4 Å². The van der Waals surface area contributed by atoms with Crippen LogP contribution in [0.4, 0.5) is 0 Å². The fraction of sp³-hybridized carbons (Fsp3) is 0.0714. The number of ketones is 1. The summed E-state index contributed by atoms with van der Waals surface area (Å²) in [5, 5.41) is 0.311. The third-order valence-corrected chi connectivity index (χ3v) is 3.15. The smallest absolute Gasteiger partial charge is 0.204 e. The lowest BCUT2D eigenvalue weighted by atomic mass is 10.2. The summed E-state index contributed by atoms with van der Waals surface area (Å²) in [5.74, 6) is -0.0920. The van der Waals surface area contributed by atoms with E-state index in [1.807, 2.05) is 24.3 Å². The fourth-order valence-electron chi connectivity index (χ4n) is 1.95. The summed E-state index contributed by atoms with van der Waals surface area (Å²) in [6, 6.07) is 12.8. The monoisotopic (exact) mass is 271 g/mol. The summed E-state index contributed by atoms with van der Waals surface area (Å²) in [6.07, 6.45) is 1.60. The number of para-hydroxylation sites is 2. The predicted octanol–water partition coefficient (Wildman–Crippen LogP) is 2.97. The molecule has 0 bridgehead atoms. The first-order chi connectivity index (χ1) is 9.25. The average molecular weight is 272 g/mol. The van der Waals surface area contributed by atoms with Gasteiger partial charge in [0.25, 0.3) is 0 Å². The van der Waals surface area contributed by atoms with Crippen LogP contribution in [-0.4, -0.2) is 20.3 Å². The Hall–Kier alpha value is -2.20. The molecular formula is C14H10ClN3O. The number of carbonyl (C=O) groups excluding carboxylic acids is 1. The predicted molar refractivity (Wildman–Crippen MR) is 73.3 cm³/mol. The molecule has 0 aliphatic rings. The van der Waals surface area contributed by atoms with Crippen LogP contribution >= 0.6 is 11.6 Å². The molecule has 0 aliphatic carbocycles. The molecule has 94 valence electrons. The molecule has 0 spiro atoms. The number of fused-ring (bicyclic) bond motifs is 1. The molecular weight excluding hydrogens is 262 g/mol. The number of nitrogens with zero attached hydrogens (tertiary/aromatic N) is 3. The van der Waals surface area contributed by atoms with Gasteiger partial charge < -0.3 is 4.57 Å². The third kappa shape index (κ3) is 2.22. The fourth-order valence-corrected chi connectivity index (χ4v) is 2.19. The number of Topliss-reactive ketones (excluding diaryl/α,β-unsaturated/α-hetero) is 1. The molecule has 0 radical (unpaired) electrons. The lowest BCUT2D eigenvalue weighted by Crippen LogP contribution is -2.11. The molecule has 0 unspecified atom stereocenters. The lowest BCUT2D eigenvalue weighted by Gasteiger charge is -2.04. The van der Waals surface area contributed by atoms with Crippen LogP contribution in [0.1, 0.15) is 10.5 Å². The van der Waals surface area contributed by atoms with Crippen LogP contribution in [0.15, 0.2) is 48.7 Å². The van der Waals surface area contributed by atoms with Crippen LogP contribution in [0.3, 0.4) is 0 Å². The maximum atomic E-state index is 12.1. The summed E-state index contributed by atoms with van der Waals surface area (Å²) >= 11 is 6.08. The van der Waals surface area contributed by atoms with E-state index in [0.717, 1.165) is 11.0 Å². The third-order valence-electron chi connectivity index (χ3n) is 2.86. The summed E-state index contributed by atoms with van der Waals surface area (Å²) in [4.78, 5) is 20.4. The minimum Gasteiger partial charge on any atom is -0.307 e. The van der Waals surface area contributed by atoms with Gasteiger partial charge in [-0.2, -0.15) is 0 Å². The van der Waals surface area contributed by atoms with E-state index in [9.17, 15) is 4.79 Å². The zero-order valence-corrected chi connectivity index (χ0v) is 10.7. The zero-order chi connectivity index (χ0) is 13.2. The van der Waals surface area contributed by atoms with Gasteiger partial charge in [0.15, 0.2) is 0 Å². The van der Waals surface area contributed by atoms with Crippen LogP contribution in [0.2, 0.25) is 5.28 Å². The van der Waals surface area contributed by atoms with Gasteiger partial charge in [-0.25, -0.2) is 4.98 Å². The first-order valence-corrected chi connectivity index (χ1v) is 6.18. The number of aromatic nitrogens is 3. The Labute approximate surface area is 114 Å². The zero-order valence-electron chi connectivity index (χ0n) is 9.95. The number of halogens is 1. The Kier molecular flexibility index (Phi) is 3.01. The number of pyridine rings is 1. The molecule has 0 saturated heterocycles. The van der Waals surface area contributed by atoms with Crippen molar-refractivity contribution in [1.29, 1.82) is 0 Å². The molecule has 0 N–H and O–H groups in total. The van der Waals surface area contributed by atoms with Crippen molar-refractivity contribution in [3.05, 3.63) is 59.6 Å². The van der Waals surface area contributed by atoms with Crippen molar-refractivity contribution in [2.45, 2.75) is 6.54 Å². The maximum Gasteiger partial charge on any atom is 0.204 e. The summed E-state index contributed by atoms with van der Waals surface area (Å²) in [6.45, 7) is 0.135. The molecule has 0 aliphatic heterocycles. The molecule has 0 amide bonds. The summed E-state index contributed by atoms with van der Waals surface area (Å²) in [5.41, 5.74) is 2.05. The molecule has 2 aromatic heterocycles. The second-order valence-corrected chi connectivity index (χ2v) is 4.43. The number of benzene rings is 1. The molecule has 19 heavy (non-hydrogen) atoms. The largest absolute Gasteiger partial charge is 0.307 e. The molecule has 0 atom stereocenters. The van der Waals surface area contributed by atoms with Crippen molar-refractivity contribution in [3.8, 4) is 0 Å². The van der Waals surface area contributed by atoms with Crippen molar-refractivity contribution in [1.82, 2.24) is 14.5 Å². The lowest BCUT2D eigenvalue weighted by molar-refractivity contribution is 0.0968. The molecule has 5 heteroatoms. The molecule has 3 rings (SSSR count). The Morgan fingerprint density at radius 2 is 1.95 bits per heavy atom. The van der Waals surface area contributed by atoms with Gasteiger partial charge in [-0.15, -0.1) is 0 Å². The number of rotatable bonds is 3. The Balaban J connectivity index is 1.98. The van der Waals surface area contributed by atoms with E-state index >= 15 is 0 Å². The van der Waals surface area contributed by atoms with Gasteiger partial charge in [0.2, 0.25) is 11.1 Å². The minimum atomic E-state index is -0.0920. The topological polar surface area (TPSA) is 47.8 Å². The van der Waals surface area contributed by atoms with E-state index in [-0.39, 0.29) is 12.3 Å². The standard InChI is InChI=1S/C14H10ClN3O/c15-14-17-10-5-1-2-7-12(10)18(14)9-13(19)11-6-3-4-8-16-11/h1-8H,9H2. The van der Waals surface area contributed by atoms with Gasteiger partial charge in [0, 0.05) is 6.20 Å². The van der Waals surface area contributed by atoms with Crippen LogP contribution < -0.4 is 0 Å². The molecule has 0 saturated carbocycles. The van der Waals surface area contributed by atoms with Gasteiger partial charge >= 0.3 is 0 Å². The van der Waals surface area contributed by atoms with Gasteiger partial charge in [-0.3, -0.25) is 9.78 Å². The van der Waals surface area contributed by atoms with Crippen LogP contribution in [0.25, 0.3) is 11.0 Å². The van der Waals surface area contributed by atoms with E-state index in [1.54, 1.807) is 29.0 Å². The second kappa shape index (κ2) is 4.82. The van der Waals surface area contributed by atoms with Crippen LogP contribution in [0.5, 0.6) is 0 Å². The minimum absolute atomic E-state index is 0.0920. The second-order valence-electron chi connectivity index (χ2n) is 4.09. The SMILES string of the molecule is O=C(Cn1c(Cl)nc2ccccc21)c1ccccn1. The van der Waals surface area contributed by atoms with E-state index in [2.05, 4.69) is 9.97 Å². The summed E-state index contributed by atoms with van der Waals surface area (Å²) in [7, 11) is 0. The Morgan fingerprint density at radius 3 is 2.74 bits per heavy atom. The van der Waals surface area contributed by atoms with Crippen LogP contribution in [0, 0.1) is 0 Å². The van der Waals surface area contributed by atoms with Crippen molar-refractivity contribution < 1.29 is 4.79 Å². The van der Waals surface area contributed by atoms with Crippen molar-refractivity contribution in [3.63, 3.8) is 0 Å². The van der Waals surface area contributed by atoms with E-state index in [4.69, 9.17) is 11.6 Å². The molecule has 1 aromatic carbocycles. The van der Waals surface area contributed by atoms with Gasteiger partial charge in [0.05, 0.1) is 17.6 Å². The number of hydrogen-bond donors (Lipinski definition) is 0. The van der Waals surface area contributed by atoms with E-state index < -0.39 is 0 Å². The van der Waals surface area contributed by atoms with Crippen molar-refractivity contribution in [2.75, 3.05) is 0 Å². The number of carbonyl (C=O) groups is 1. The first-order valence-electron chi connectivity index (χ1n) is 5.81. The number of imidazole rings is 1. The van der Waals surface area contributed by atoms with Gasteiger partial charge in [-0.1, -0.05) is 18.2 Å². The highest BCUT2D eigenvalue weighted by Gasteiger charge is 2.13. The van der Waals surface area contributed by atoms with Crippen molar-refractivity contribution in [2.24, 2.45) is 0 Å². The Morgan fingerprint density at radius 1 is 1.16 bits per heavy atom. The highest BCUT2D eigenvalue weighted by molar-refractivity contribution is 6.29. The molecule has 4 nitrogen and oxygen atoms in total. The van der Waals surface area contributed by atoms with E-state index in [0.29, 0.717) is 11.0 Å². The van der Waals surface area contributed by atoms with Crippen LogP contribution in [-0.2, 0) is 6.54 Å². The number of hydrogen-bond acceptors (Lipinski definition) is 3. The molecule has 3 aromatic rings. The average Bonchev–Trinajstić information content (AvgIpc) is 2.76. The Bertz CT molecular complexity index is 737.